The van der Waals surface area contributed by atoms with Gasteiger partial charge in [0.2, 0.25) is 0 Å². The average Bonchev–Trinajstić information content (AvgIpc) is 2.59. The number of hydrogen-bond donors (Lipinski definition) is 1. The van der Waals surface area contributed by atoms with Crippen molar-refractivity contribution in [2.45, 2.75) is 104 Å². The molecule has 0 amide bonds. The number of rotatable bonds is 14. The number of unbranched alkanes of at least 4 members (excludes halogenated alkanes) is 10. The van der Waals surface area contributed by atoms with Crippen LogP contribution in [0.25, 0.3) is 0 Å². The van der Waals surface area contributed by atoms with Gasteiger partial charge < -0.3 is 5.73 Å². The highest BCUT2D eigenvalue weighted by molar-refractivity contribution is 8.93. The second kappa shape index (κ2) is 14.8. The summed E-state index contributed by atoms with van der Waals surface area (Å²) in [7, 11) is 0. The molecule has 1 atom stereocenters. The lowest BCUT2D eigenvalue weighted by molar-refractivity contribution is 0.255. The largest absolute Gasteiger partial charge is 0.324 e. The van der Waals surface area contributed by atoms with Crippen LogP contribution >= 0.6 is 17.0 Å². The van der Waals surface area contributed by atoms with E-state index in [1.54, 1.807) is 0 Å². The maximum absolute atomic E-state index is 6.50. The molecule has 0 radical (unpaired) electrons. The van der Waals surface area contributed by atoms with Crippen molar-refractivity contribution in [3.63, 3.8) is 0 Å². The average molecular weight is 413 g/mol. The van der Waals surface area contributed by atoms with Crippen LogP contribution < -0.4 is 5.73 Å². The lowest BCUT2D eigenvalue weighted by Gasteiger charge is -2.32. The van der Waals surface area contributed by atoms with Crippen LogP contribution in [-0.2, 0) is 0 Å². The molecule has 0 aliphatic rings. The third kappa shape index (κ3) is 11.1. The zero-order valence-corrected chi connectivity index (χ0v) is 18.6. The highest BCUT2D eigenvalue weighted by atomic mass is 79.9. The fourth-order valence-corrected chi connectivity index (χ4v) is 3.51. The fraction of sp³-hybridized carbons (Fsp3) is 0.739. The van der Waals surface area contributed by atoms with Gasteiger partial charge in [-0.15, -0.1) is 17.0 Å². The SMILES string of the molecule is Br.CCCCCCCCCCCCCC(C)(C)C(N)c1ccccc1. The molecule has 146 valence electrons. The Labute approximate surface area is 167 Å². The smallest absolute Gasteiger partial charge is 0.0346 e. The highest BCUT2D eigenvalue weighted by Crippen LogP contribution is 2.36. The maximum atomic E-state index is 6.50. The van der Waals surface area contributed by atoms with Crippen molar-refractivity contribution >= 4 is 17.0 Å². The molecule has 0 aliphatic heterocycles. The summed E-state index contributed by atoms with van der Waals surface area (Å²) in [5.41, 5.74) is 7.95. The Morgan fingerprint density at radius 1 is 0.760 bits per heavy atom. The molecule has 2 N–H and O–H groups in total. The van der Waals surface area contributed by atoms with Crippen molar-refractivity contribution in [3.8, 4) is 0 Å². The molecule has 1 unspecified atom stereocenters. The zero-order chi connectivity index (χ0) is 17.7. The van der Waals surface area contributed by atoms with Gasteiger partial charge in [0.15, 0.2) is 0 Å². The molecule has 0 heterocycles. The molecule has 0 saturated carbocycles. The molecule has 0 aromatic heterocycles. The van der Waals surface area contributed by atoms with Crippen LogP contribution in [0, 0.1) is 5.41 Å². The molecule has 0 spiro atoms. The number of hydrogen-bond acceptors (Lipinski definition) is 1. The Morgan fingerprint density at radius 2 is 1.20 bits per heavy atom. The minimum atomic E-state index is 0. The minimum absolute atomic E-state index is 0. The van der Waals surface area contributed by atoms with E-state index < -0.39 is 0 Å². The highest BCUT2D eigenvalue weighted by Gasteiger charge is 2.26. The van der Waals surface area contributed by atoms with Crippen LogP contribution in [-0.4, -0.2) is 0 Å². The normalized spacial score (nSPS) is 12.6. The molecule has 0 fully saturated rings. The second-order valence-corrected chi connectivity index (χ2v) is 8.16. The summed E-state index contributed by atoms with van der Waals surface area (Å²) in [5.74, 6) is 0. The van der Waals surface area contributed by atoms with Gasteiger partial charge in [-0.2, -0.15) is 0 Å². The summed E-state index contributed by atoms with van der Waals surface area (Å²) < 4.78 is 0. The molecule has 1 rings (SSSR count). The van der Waals surface area contributed by atoms with E-state index in [2.05, 4.69) is 51.1 Å². The Hall–Kier alpha value is -0.340. The summed E-state index contributed by atoms with van der Waals surface area (Å²) in [6.45, 7) is 6.93. The Morgan fingerprint density at radius 3 is 1.68 bits per heavy atom. The van der Waals surface area contributed by atoms with E-state index in [0.717, 1.165) is 0 Å². The van der Waals surface area contributed by atoms with Gasteiger partial charge in [-0.3, -0.25) is 0 Å². The number of halogens is 1. The molecule has 1 nitrogen and oxygen atoms in total. The van der Waals surface area contributed by atoms with Crippen LogP contribution in [0.1, 0.15) is 109 Å². The first-order chi connectivity index (χ1) is 11.6. The van der Waals surface area contributed by atoms with Gasteiger partial charge in [0, 0.05) is 6.04 Å². The summed E-state index contributed by atoms with van der Waals surface area (Å²) in [4.78, 5) is 0. The molecular weight excluding hydrogens is 370 g/mol. The lowest BCUT2D eigenvalue weighted by atomic mass is 9.77. The first kappa shape index (κ1) is 24.7. The first-order valence-electron chi connectivity index (χ1n) is 10.4. The van der Waals surface area contributed by atoms with E-state index in [9.17, 15) is 0 Å². The predicted molar refractivity (Wildman–Crippen MR) is 119 cm³/mol. The van der Waals surface area contributed by atoms with Crippen LogP contribution in [0.15, 0.2) is 30.3 Å². The van der Waals surface area contributed by atoms with Crippen molar-refractivity contribution in [3.05, 3.63) is 35.9 Å². The van der Waals surface area contributed by atoms with Crippen molar-refractivity contribution < 1.29 is 0 Å². The van der Waals surface area contributed by atoms with E-state index in [1.807, 2.05) is 0 Å². The van der Waals surface area contributed by atoms with Crippen molar-refractivity contribution in [2.24, 2.45) is 11.1 Å². The minimum Gasteiger partial charge on any atom is -0.324 e. The monoisotopic (exact) mass is 411 g/mol. The third-order valence-corrected chi connectivity index (χ3v) is 5.43. The molecule has 0 saturated heterocycles. The van der Waals surface area contributed by atoms with Gasteiger partial charge in [0.25, 0.3) is 0 Å². The Kier molecular flexibility index (Phi) is 14.6. The van der Waals surface area contributed by atoms with Gasteiger partial charge in [0.1, 0.15) is 0 Å². The molecule has 1 aromatic rings. The van der Waals surface area contributed by atoms with Crippen molar-refractivity contribution in [1.29, 1.82) is 0 Å². The first-order valence-corrected chi connectivity index (χ1v) is 10.4. The molecular formula is C23H42BrN. The fourth-order valence-electron chi connectivity index (χ4n) is 3.51. The molecule has 2 heteroatoms. The van der Waals surface area contributed by atoms with Crippen LogP contribution in [0.4, 0.5) is 0 Å². The van der Waals surface area contributed by atoms with E-state index >= 15 is 0 Å². The standard InChI is InChI=1S/C23H41N.BrH/c1-4-5-6-7-8-9-10-11-12-13-17-20-23(2,3)22(24)21-18-15-14-16-19-21;/h14-16,18-19,22H,4-13,17,20,24H2,1-3H3;1H. The van der Waals surface area contributed by atoms with Gasteiger partial charge >= 0.3 is 0 Å². The van der Waals surface area contributed by atoms with Gasteiger partial charge in [0.05, 0.1) is 0 Å². The van der Waals surface area contributed by atoms with E-state index in [4.69, 9.17) is 5.73 Å². The maximum Gasteiger partial charge on any atom is 0.0346 e. The summed E-state index contributed by atoms with van der Waals surface area (Å²) in [6, 6.07) is 10.7. The van der Waals surface area contributed by atoms with Crippen LogP contribution in [0.3, 0.4) is 0 Å². The van der Waals surface area contributed by atoms with E-state index in [1.165, 1.54) is 82.6 Å². The topological polar surface area (TPSA) is 26.0 Å². The van der Waals surface area contributed by atoms with Gasteiger partial charge in [-0.05, 0) is 17.4 Å². The summed E-state index contributed by atoms with van der Waals surface area (Å²) in [6.07, 6.45) is 16.7. The predicted octanol–water partition coefficient (Wildman–Crippen LogP) is 7.99. The summed E-state index contributed by atoms with van der Waals surface area (Å²) in [5, 5.41) is 0. The summed E-state index contributed by atoms with van der Waals surface area (Å²) >= 11 is 0. The van der Waals surface area contributed by atoms with Crippen LogP contribution in [0.2, 0.25) is 0 Å². The third-order valence-electron chi connectivity index (χ3n) is 5.43. The Bertz CT molecular complexity index is 402. The van der Waals surface area contributed by atoms with Crippen LogP contribution in [0.5, 0.6) is 0 Å². The quantitative estimate of drug-likeness (QED) is 0.308. The van der Waals surface area contributed by atoms with E-state index in [-0.39, 0.29) is 28.4 Å². The second-order valence-electron chi connectivity index (χ2n) is 8.16. The van der Waals surface area contributed by atoms with Crippen molar-refractivity contribution in [1.82, 2.24) is 0 Å². The van der Waals surface area contributed by atoms with Gasteiger partial charge in [-0.1, -0.05) is 122 Å². The number of benzene rings is 1. The van der Waals surface area contributed by atoms with E-state index in [0.29, 0.717) is 0 Å². The zero-order valence-electron chi connectivity index (χ0n) is 16.9. The number of nitrogens with two attached hydrogens (primary N) is 1. The Balaban J connectivity index is 0.00000576. The van der Waals surface area contributed by atoms with Crippen molar-refractivity contribution in [2.75, 3.05) is 0 Å². The lowest BCUT2D eigenvalue weighted by Crippen LogP contribution is -2.29. The molecule has 25 heavy (non-hydrogen) atoms. The molecule has 1 aromatic carbocycles. The molecule has 0 aliphatic carbocycles. The molecule has 0 bridgehead atoms. The van der Waals surface area contributed by atoms with Gasteiger partial charge in [-0.25, -0.2) is 0 Å².